The first-order chi connectivity index (χ1) is 9.58. The minimum absolute atomic E-state index is 0.222. The van der Waals surface area contributed by atoms with Crippen molar-refractivity contribution < 1.29 is 14.7 Å². The number of aliphatic carboxylic acids is 1. The molecule has 2 aromatic rings. The Kier molecular flexibility index (Phi) is 4.40. The first-order valence-electron chi connectivity index (χ1n) is 6.65. The molecule has 2 rings (SSSR count). The zero-order valence-corrected chi connectivity index (χ0v) is 11.3. The second-order valence-electron chi connectivity index (χ2n) is 4.84. The Morgan fingerprint density at radius 1 is 1.35 bits per heavy atom. The van der Waals surface area contributed by atoms with Crippen LogP contribution in [0.3, 0.4) is 0 Å². The summed E-state index contributed by atoms with van der Waals surface area (Å²) in [4.78, 5) is 25.4. The number of aromatic nitrogens is 1. The SMILES string of the molecule is C[C@H](NC(=O)CCCc1c[nH]c2ccccc12)C(=O)O. The van der Waals surface area contributed by atoms with Gasteiger partial charge < -0.3 is 15.4 Å². The van der Waals surface area contributed by atoms with Gasteiger partial charge in [0.05, 0.1) is 0 Å². The van der Waals surface area contributed by atoms with E-state index < -0.39 is 12.0 Å². The number of carbonyl (C=O) groups excluding carboxylic acids is 1. The van der Waals surface area contributed by atoms with E-state index in [2.05, 4.69) is 10.3 Å². The number of hydrogen-bond acceptors (Lipinski definition) is 2. The van der Waals surface area contributed by atoms with Crippen molar-refractivity contribution >= 4 is 22.8 Å². The van der Waals surface area contributed by atoms with Crippen LogP contribution in [0.2, 0.25) is 0 Å². The molecule has 0 unspecified atom stereocenters. The summed E-state index contributed by atoms with van der Waals surface area (Å²) < 4.78 is 0. The molecule has 0 aliphatic rings. The number of H-pyrrole nitrogens is 1. The Labute approximate surface area is 117 Å². The molecule has 106 valence electrons. The molecule has 0 saturated carbocycles. The number of benzene rings is 1. The molecule has 5 heteroatoms. The average molecular weight is 274 g/mol. The van der Waals surface area contributed by atoms with Gasteiger partial charge in [-0.2, -0.15) is 0 Å². The third kappa shape index (κ3) is 3.38. The molecule has 5 nitrogen and oxygen atoms in total. The maximum absolute atomic E-state index is 11.6. The number of carboxylic acid groups (broad SMARTS) is 1. The minimum Gasteiger partial charge on any atom is -0.480 e. The maximum Gasteiger partial charge on any atom is 0.325 e. The summed E-state index contributed by atoms with van der Waals surface area (Å²) in [6.45, 7) is 1.46. The largest absolute Gasteiger partial charge is 0.480 e. The predicted molar refractivity (Wildman–Crippen MR) is 76.5 cm³/mol. The Morgan fingerprint density at radius 2 is 2.10 bits per heavy atom. The molecule has 1 aromatic carbocycles. The average Bonchev–Trinajstić information content (AvgIpc) is 2.82. The number of hydrogen-bond donors (Lipinski definition) is 3. The van der Waals surface area contributed by atoms with Gasteiger partial charge in [-0.25, -0.2) is 0 Å². The maximum atomic E-state index is 11.6. The van der Waals surface area contributed by atoms with Crippen molar-refractivity contribution in [3.63, 3.8) is 0 Å². The smallest absolute Gasteiger partial charge is 0.325 e. The van der Waals surface area contributed by atoms with E-state index >= 15 is 0 Å². The van der Waals surface area contributed by atoms with E-state index in [1.807, 2.05) is 30.5 Å². The number of rotatable bonds is 6. The topological polar surface area (TPSA) is 82.2 Å². The Hall–Kier alpha value is -2.30. The summed E-state index contributed by atoms with van der Waals surface area (Å²) in [5.41, 5.74) is 2.27. The number of carbonyl (C=O) groups is 2. The minimum atomic E-state index is -1.02. The lowest BCUT2D eigenvalue weighted by atomic mass is 10.1. The monoisotopic (exact) mass is 274 g/mol. The van der Waals surface area contributed by atoms with Crippen molar-refractivity contribution in [2.45, 2.75) is 32.2 Å². The second kappa shape index (κ2) is 6.23. The van der Waals surface area contributed by atoms with Crippen LogP contribution >= 0.6 is 0 Å². The van der Waals surface area contributed by atoms with E-state index in [-0.39, 0.29) is 5.91 Å². The summed E-state index contributed by atoms with van der Waals surface area (Å²) >= 11 is 0. The number of aromatic amines is 1. The molecule has 1 amide bonds. The van der Waals surface area contributed by atoms with Crippen LogP contribution in [-0.2, 0) is 16.0 Å². The number of para-hydroxylation sites is 1. The molecule has 0 fully saturated rings. The summed E-state index contributed by atoms with van der Waals surface area (Å²) in [6.07, 6.45) is 3.78. The third-order valence-corrected chi connectivity index (χ3v) is 3.27. The molecule has 0 saturated heterocycles. The molecule has 20 heavy (non-hydrogen) atoms. The van der Waals surface area contributed by atoms with Crippen molar-refractivity contribution in [2.24, 2.45) is 0 Å². The lowest BCUT2D eigenvalue weighted by molar-refractivity contribution is -0.141. The van der Waals surface area contributed by atoms with Crippen LogP contribution in [0, 0.1) is 0 Å². The van der Waals surface area contributed by atoms with E-state index in [4.69, 9.17) is 5.11 Å². The summed E-state index contributed by atoms with van der Waals surface area (Å²) in [7, 11) is 0. The highest BCUT2D eigenvalue weighted by Crippen LogP contribution is 2.19. The predicted octanol–water partition coefficient (Wildman–Crippen LogP) is 2.08. The standard InChI is InChI=1S/C15H18N2O3/c1-10(15(19)20)17-14(18)8-4-5-11-9-16-13-7-3-2-6-12(11)13/h2-3,6-7,9-10,16H,4-5,8H2,1H3,(H,17,18)(H,19,20)/t10-/m0/s1. The van der Waals surface area contributed by atoms with Crippen LogP contribution in [0.4, 0.5) is 0 Å². The molecule has 0 aliphatic heterocycles. The van der Waals surface area contributed by atoms with E-state index in [9.17, 15) is 9.59 Å². The van der Waals surface area contributed by atoms with Gasteiger partial charge in [0, 0.05) is 23.5 Å². The van der Waals surface area contributed by atoms with Gasteiger partial charge in [-0.15, -0.1) is 0 Å². The van der Waals surface area contributed by atoms with Crippen LogP contribution in [-0.4, -0.2) is 28.0 Å². The van der Waals surface area contributed by atoms with Crippen molar-refractivity contribution in [3.8, 4) is 0 Å². The Balaban J connectivity index is 1.84. The number of aryl methyl sites for hydroxylation is 1. The first-order valence-corrected chi connectivity index (χ1v) is 6.65. The fourth-order valence-corrected chi connectivity index (χ4v) is 2.15. The molecule has 0 spiro atoms. The number of fused-ring (bicyclic) bond motifs is 1. The molecule has 1 aromatic heterocycles. The highest BCUT2D eigenvalue weighted by Gasteiger charge is 2.13. The number of amides is 1. The van der Waals surface area contributed by atoms with E-state index in [1.165, 1.54) is 17.9 Å². The van der Waals surface area contributed by atoms with Gasteiger partial charge in [-0.1, -0.05) is 18.2 Å². The zero-order valence-electron chi connectivity index (χ0n) is 11.3. The Morgan fingerprint density at radius 3 is 2.85 bits per heavy atom. The van der Waals surface area contributed by atoms with Gasteiger partial charge in [0.1, 0.15) is 6.04 Å². The van der Waals surface area contributed by atoms with Crippen LogP contribution in [0.1, 0.15) is 25.3 Å². The number of nitrogens with one attached hydrogen (secondary N) is 2. The van der Waals surface area contributed by atoms with Crippen LogP contribution in [0.25, 0.3) is 10.9 Å². The lowest BCUT2D eigenvalue weighted by Crippen LogP contribution is -2.38. The molecule has 0 radical (unpaired) electrons. The summed E-state index contributed by atoms with van der Waals surface area (Å²) in [5.74, 6) is -1.24. The second-order valence-corrected chi connectivity index (χ2v) is 4.84. The van der Waals surface area contributed by atoms with Crippen molar-refractivity contribution in [3.05, 3.63) is 36.0 Å². The highest BCUT2D eigenvalue weighted by molar-refractivity contribution is 5.84. The fourth-order valence-electron chi connectivity index (χ4n) is 2.15. The molecule has 3 N–H and O–H groups in total. The quantitative estimate of drug-likeness (QED) is 0.754. The fraction of sp³-hybridized carbons (Fsp3) is 0.333. The third-order valence-electron chi connectivity index (χ3n) is 3.27. The molecular formula is C15H18N2O3. The van der Waals surface area contributed by atoms with Crippen LogP contribution in [0.5, 0.6) is 0 Å². The van der Waals surface area contributed by atoms with Crippen molar-refractivity contribution in [1.29, 1.82) is 0 Å². The van der Waals surface area contributed by atoms with E-state index in [0.29, 0.717) is 12.8 Å². The van der Waals surface area contributed by atoms with Gasteiger partial charge in [-0.05, 0) is 31.4 Å². The lowest BCUT2D eigenvalue weighted by Gasteiger charge is -2.08. The zero-order chi connectivity index (χ0) is 14.5. The Bertz CT molecular complexity index is 618. The first kappa shape index (κ1) is 14.1. The van der Waals surface area contributed by atoms with E-state index in [1.54, 1.807) is 0 Å². The highest BCUT2D eigenvalue weighted by atomic mass is 16.4. The molecular weight excluding hydrogens is 256 g/mol. The van der Waals surface area contributed by atoms with Crippen LogP contribution in [0.15, 0.2) is 30.5 Å². The van der Waals surface area contributed by atoms with Gasteiger partial charge in [0.2, 0.25) is 5.91 Å². The van der Waals surface area contributed by atoms with E-state index in [0.717, 1.165) is 11.9 Å². The summed E-state index contributed by atoms with van der Waals surface area (Å²) in [6, 6.07) is 7.19. The summed E-state index contributed by atoms with van der Waals surface area (Å²) in [5, 5.41) is 12.3. The van der Waals surface area contributed by atoms with Gasteiger partial charge in [0.25, 0.3) is 0 Å². The molecule has 1 heterocycles. The van der Waals surface area contributed by atoms with Crippen LogP contribution < -0.4 is 5.32 Å². The van der Waals surface area contributed by atoms with Gasteiger partial charge >= 0.3 is 5.97 Å². The molecule has 0 bridgehead atoms. The molecule has 0 aliphatic carbocycles. The van der Waals surface area contributed by atoms with Gasteiger partial charge in [0.15, 0.2) is 0 Å². The van der Waals surface area contributed by atoms with Crippen molar-refractivity contribution in [2.75, 3.05) is 0 Å². The van der Waals surface area contributed by atoms with Gasteiger partial charge in [-0.3, -0.25) is 9.59 Å². The molecule has 1 atom stereocenters. The normalized spacial score (nSPS) is 12.2. The van der Waals surface area contributed by atoms with Crippen molar-refractivity contribution in [1.82, 2.24) is 10.3 Å². The number of carboxylic acids is 1.